The SMILES string of the molecule is CN(C)N(C)C(=O)c1cccc(N)c1. The Labute approximate surface area is 83.9 Å². The fraction of sp³-hybridized carbons (Fsp3) is 0.300. The minimum absolute atomic E-state index is 0.0673. The summed E-state index contributed by atoms with van der Waals surface area (Å²) in [6.07, 6.45) is 0. The molecule has 0 unspecified atom stereocenters. The molecule has 0 bridgehead atoms. The summed E-state index contributed by atoms with van der Waals surface area (Å²) >= 11 is 0. The predicted octanol–water partition coefficient (Wildman–Crippen LogP) is 0.817. The lowest BCUT2D eigenvalue weighted by molar-refractivity contribution is 0.0342. The first kappa shape index (κ1) is 10.5. The second-order valence-corrected chi connectivity index (χ2v) is 3.30. The molecule has 1 amide bonds. The van der Waals surface area contributed by atoms with E-state index in [1.807, 2.05) is 14.1 Å². The summed E-state index contributed by atoms with van der Waals surface area (Å²) in [6, 6.07) is 6.94. The summed E-state index contributed by atoms with van der Waals surface area (Å²) in [5.41, 5.74) is 6.79. The van der Waals surface area contributed by atoms with E-state index < -0.39 is 0 Å². The number of carbonyl (C=O) groups excluding carboxylic acids is 1. The first-order chi connectivity index (χ1) is 6.52. The molecule has 76 valence electrons. The van der Waals surface area contributed by atoms with Crippen LogP contribution in [0.25, 0.3) is 0 Å². The van der Waals surface area contributed by atoms with Gasteiger partial charge in [0.1, 0.15) is 0 Å². The first-order valence-electron chi connectivity index (χ1n) is 4.33. The van der Waals surface area contributed by atoms with Crippen molar-refractivity contribution >= 4 is 11.6 Å². The molecular weight excluding hydrogens is 178 g/mol. The van der Waals surface area contributed by atoms with Crippen molar-refractivity contribution in [1.29, 1.82) is 0 Å². The minimum Gasteiger partial charge on any atom is -0.399 e. The molecule has 0 aliphatic heterocycles. The van der Waals surface area contributed by atoms with Crippen molar-refractivity contribution in [2.75, 3.05) is 26.9 Å². The van der Waals surface area contributed by atoms with Gasteiger partial charge in [-0.25, -0.2) is 5.01 Å². The van der Waals surface area contributed by atoms with Crippen molar-refractivity contribution in [3.63, 3.8) is 0 Å². The Morgan fingerprint density at radius 2 is 1.93 bits per heavy atom. The van der Waals surface area contributed by atoms with Gasteiger partial charge in [0.2, 0.25) is 0 Å². The average Bonchev–Trinajstić information content (AvgIpc) is 2.15. The van der Waals surface area contributed by atoms with Crippen LogP contribution in [-0.2, 0) is 0 Å². The van der Waals surface area contributed by atoms with Gasteiger partial charge in [0.15, 0.2) is 0 Å². The highest BCUT2D eigenvalue weighted by Crippen LogP contribution is 2.09. The maximum absolute atomic E-state index is 11.8. The Balaban J connectivity index is 2.89. The van der Waals surface area contributed by atoms with Crippen molar-refractivity contribution in [2.45, 2.75) is 0 Å². The standard InChI is InChI=1S/C10H15N3O/c1-12(2)13(3)10(14)8-5-4-6-9(11)7-8/h4-7H,11H2,1-3H3. The molecule has 0 saturated heterocycles. The highest BCUT2D eigenvalue weighted by atomic mass is 16.2. The highest BCUT2D eigenvalue weighted by molar-refractivity contribution is 5.94. The van der Waals surface area contributed by atoms with Crippen LogP contribution in [0.15, 0.2) is 24.3 Å². The first-order valence-corrected chi connectivity index (χ1v) is 4.33. The third-order valence-corrected chi connectivity index (χ3v) is 2.03. The maximum Gasteiger partial charge on any atom is 0.267 e. The van der Waals surface area contributed by atoms with Gasteiger partial charge in [-0.05, 0) is 18.2 Å². The Morgan fingerprint density at radius 1 is 1.29 bits per heavy atom. The van der Waals surface area contributed by atoms with E-state index in [0.717, 1.165) is 0 Å². The van der Waals surface area contributed by atoms with Gasteiger partial charge in [-0.15, -0.1) is 0 Å². The summed E-state index contributed by atoms with van der Waals surface area (Å²) in [5.74, 6) is -0.0673. The molecule has 0 spiro atoms. The van der Waals surface area contributed by atoms with Crippen molar-refractivity contribution in [3.8, 4) is 0 Å². The topological polar surface area (TPSA) is 49.6 Å². The summed E-state index contributed by atoms with van der Waals surface area (Å²) in [4.78, 5) is 11.8. The van der Waals surface area contributed by atoms with Gasteiger partial charge in [0.05, 0.1) is 0 Å². The number of nitrogen functional groups attached to an aromatic ring is 1. The molecule has 0 saturated carbocycles. The summed E-state index contributed by atoms with van der Waals surface area (Å²) in [5, 5.41) is 3.24. The number of hydrogen-bond donors (Lipinski definition) is 1. The lowest BCUT2D eigenvalue weighted by atomic mass is 10.2. The number of rotatable bonds is 2. The van der Waals surface area contributed by atoms with Crippen LogP contribution in [0, 0.1) is 0 Å². The monoisotopic (exact) mass is 193 g/mol. The molecule has 0 aromatic heterocycles. The zero-order valence-electron chi connectivity index (χ0n) is 8.69. The van der Waals surface area contributed by atoms with Gasteiger partial charge in [-0.1, -0.05) is 6.07 Å². The molecule has 2 N–H and O–H groups in total. The van der Waals surface area contributed by atoms with Gasteiger partial charge < -0.3 is 5.73 Å². The Hall–Kier alpha value is -1.55. The predicted molar refractivity (Wildman–Crippen MR) is 56.6 cm³/mol. The largest absolute Gasteiger partial charge is 0.399 e. The van der Waals surface area contributed by atoms with E-state index in [1.165, 1.54) is 5.01 Å². The van der Waals surface area contributed by atoms with Crippen LogP contribution in [0.4, 0.5) is 5.69 Å². The van der Waals surface area contributed by atoms with Gasteiger partial charge in [0.25, 0.3) is 5.91 Å². The summed E-state index contributed by atoms with van der Waals surface area (Å²) in [7, 11) is 5.33. The summed E-state index contributed by atoms with van der Waals surface area (Å²) < 4.78 is 0. The number of benzene rings is 1. The Kier molecular flexibility index (Phi) is 3.09. The summed E-state index contributed by atoms with van der Waals surface area (Å²) in [6.45, 7) is 0. The number of amides is 1. The van der Waals surface area contributed by atoms with Crippen LogP contribution in [0.5, 0.6) is 0 Å². The highest BCUT2D eigenvalue weighted by Gasteiger charge is 2.12. The molecule has 1 aromatic rings. The van der Waals surface area contributed by atoms with Crippen LogP contribution in [0.2, 0.25) is 0 Å². The van der Waals surface area contributed by atoms with Crippen molar-refractivity contribution in [1.82, 2.24) is 10.0 Å². The minimum atomic E-state index is -0.0673. The molecule has 4 nitrogen and oxygen atoms in total. The van der Waals surface area contributed by atoms with E-state index in [4.69, 9.17) is 5.73 Å². The van der Waals surface area contributed by atoms with Crippen LogP contribution >= 0.6 is 0 Å². The van der Waals surface area contributed by atoms with E-state index in [2.05, 4.69) is 0 Å². The molecule has 0 heterocycles. The molecule has 0 radical (unpaired) electrons. The number of hydrogen-bond acceptors (Lipinski definition) is 3. The Bertz CT molecular complexity index is 336. The van der Waals surface area contributed by atoms with E-state index >= 15 is 0 Å². The molecule has 0 aliphatic carbocycles. The molecule has 0 atom stereocenters. The number of hydrazine groups is 1. The zero-order valence-corrected chi connectivity index (χ0v) is 8.69. The smallest absolute Gasteiger partial charge is 0.267 e. The molecule has 0 aliphatic rings. The van der Waals surface area contributed by atoms with E-state index in [0.29, 0.717) is 11.3 Å². The molecule has 4 heteroatoms. The Morgan fingerprint density at radius 3 is 2.43 bits per heavy atom. The van der Waals surface area contributed by atoms with E-state index in [1.54, 1.807) is 36.3 Å². The second kappa shape index (κ2) is 4.11. The number of nitrogens with zero attached hydrogens (tertiary/aromatic N) is 2. The van der Waals surface area contributed by atoms with Gasteiger partial charge in [-0.3, -0.25) is 9.80 Å². The number of anilines is 1. The zero-order chi connectivity index (χ0) is 10.7. The molecule has 1 aromatic carbocycles. The van der Waals surface area contributed by atoms with Crippen LogP contribution < -0.4 is 5.73 Å². The fourth-order valence-corrected chi connectivity index (χ4v) is 1.04. The molecule has 14 heavy (non-hydrogen) atoms. The molecule has 0 fully saturated rings. The van der Waals surface area contributed by atoms with Crippen molar-refractivity contribution < 1.29 is 4.79 Å². The second-order valence-electron chi connectivity index (χ2n) is 3.30. The van der Waals surface area contributed by atoms with E-state index in [-0.39, 0.29) is 5.91 Å². The maximum atomic E-state index is 11.8. The van der Waals surface area contributed by atoms with Crippen LogP contribution in [0.1, 0.15) is 10.4 Å². The molecular formula is C10H15N3O. The fourth-order valence-electron chi connectivity index (χ4n) is 1.04. The van der Waals surface area contributed by atoms with Crippen molar-refractivity contribution in [2.24, 2.45) is 0 Å². The quantitative estimate of drug-likeness (QED) is 0.558. The van der Waals surface area contributed by atoms with Crippen LogP contribution in [-0.4, -0.2) is 37.1 Å². The average molecular weight is 193 g/mol. The molecule has 1 rings (SSSR count). The third kappa shape index (κ3) is 2.23. The lowest BCUT2D eigenvalue weighted by Gasteiger charge is -2.24. The van der Waals surface area contributed by atoms with Crippen molar-refractivity contribution in [3.05, 3.63) is 29.8 Å². The van der Waals surface area contributed by atoms with Gasteiger partial charge in [-0.2, -0.15) is 0 Å². The van der Waals surface area contributed by atoms with Gasteiger partial charge >= 0.3 is 0 Å². The third-order valence-electron chi connectivity index (χ3n) is 2.03. The number of carbonyl (C=O) groups is 1. The van der Waals surface area contributed by atoms with Gasteiger partial charge in [0, 0.05) is 32.4 Å². The normalized spacial score (nSPS) is 10.3. The van der Waals surface area contributed by atoms with E-state index in [9.17, 15) is 4.79 Å². The van der Waals surface area contributed by atoms with Crippen LogP contribution in [0.3, 0.4) is 0 Å². The number of nitrogens with two attached hydrogens (primary N) is 1. The lowest BCUT2D eigenvalue weighted by Crippen LogP contribution is -2.38.